The summed E-state index contributed by atoms with van der Waals surface area (Å²) >= 11 is 0. The molecule has 0 amide bonds. The fourth-order valence-corrected chi connectivity index (χ4v) is 1.98. The fraction of sp³-hybridized carbons (Fsp3) is 0.273. The molecular formula is C11H13N5. The molecule has 82 valence electrons. The highest BCUT2D eigenvalue weighted by Crippen LogP contribution is 2.20. The Morgan fingerprint density at radius 2 is 1.88 bits per heavy atom. The third-order valence-electron chi connectivity index (χ3n) is 2.81. The summed E-state index contributed by atoms with van der Waals surface area (Å²) in [5.41, 5.74) is 1.10. The van der Waals surface area contributed by atoms with Crippen LogP contribution in [-0.2, 0) is 13.1 Å². The maximum Gasteiger partial charge on any atom is 0.164 e. The van der Waals surface area contributed by atoms with Crippen LogP contribution in [0.2, 0.25) is 0 Å². The molecule has 1 aliphatic rings. The summed E-state index contributed by atoms with van der Waals surface area (Å²) in [5.74, 6) is 7.62. The first-order chi connectivity index (χ1) is 7.84. The first kappa shape index (κ1) is 9.50. The second kappa shape index (κ2) is 3.70. The van der Waals surface area contributed by atoms with Crippen LogP contribution in [0.3, 0.4) is 0 Å². The monoisotopic (exact) mass is 215 g/mol. The number of benzene rings is 1. The van der Waals surface area contributed by atoms with Crippen molar-refractivity contribution in [2.24, 2.45) is 5.84 Å². The van der Waals surface area contributed by atoms with Crippen molar-refractivity contribution in [3.8, 4) is 11.4 Å². The van der Waals surface area contributed by atoms with Crippen LogP contribution in [0.15, 0.2) is 30.3 Å². The number of hydrogen-bond acceptors (Lipinski definition) is 4. The highest BCUT2D eigenvalue weighted by Gasteiger charge is 2.19. The molecule has 0 spiro atoms. The first-order valence-corrected chi connectivity index (χ1v) is 5.32. The van der Waals surface area contributed by atoms with Crippen LogP contribution in [0.25, 0.3) is 11.4 Å². The van der Waals surface area contributed by atoms with Crippen LogP contribution in [0.4, 0.5) is 0 Å². The quantitative estimate of drug-likeness (QED) is 0.709. The molecule has 2 N–H and O–H groups in total. The van der Waals surface area contributed by atoms with E-state index < -0.39 is 0 Å². The lowest BCUT2D eigenvalue weighted by molar-refractivity contribution is 0.223. The molecule has 0 saturated heterocycles. The minimum atomic E-state index is 0.667. The van der Waals surface area contributed by atoms with E-state index in [2.05, 4.69) is 14.8 Å². The molecule has 0 bridgehead atoms. The molecule has 1 aromatic carbocycles. The van der Waals surface area contributed by atoms with Gasteiger partial charge in [0.2, 0.25) is 0 Å². The highest BCUT2D eigenvalue weighted by atomic mass is 15.4. The van der Waals surface area contributed by atoms with Crippen LogP contribution in [0.5, 0.6) is 0 Å². The summed E-state index contributed by atoms with van der Waals surface area (Å²) in [4.78, 5) is 0. The van der Waals surface area contributed by atoms with Gasteiger partial charge >= 0.3 is 0 Å². The third kappa shape index (κ3) is 1.50. The fourth-order valence-electron chi connectivity index (χ4n) is 1.98. The Morgan fingerprint density at radius 3 is 2.69 bits per heavy atom. The van der Waals surface area contributed by atoms with Crippen molar-refractivity contribution in [1.82, 2.24) is 19.8 Å². The van der Waals surface area contributed by atoms with E-state index in [1.165, 1.54) is 0 Å². The summed E-state index contributed by atoms with van der Waals surface area (Å²) in [5, 5.41) is 10.2. The second-order valence-electron chi connectivity index (χ2n) is 3.93. The van der Waals surface area contributed by atoms with Crippen molar-refractivity contribution >= 4 is 0 Å². The smallest absolute Gasteiger partial charge is 0.164 e. The van der Waals surface area contributed by atoms with Crippen LogP contribution >= 0.6 is 0 Å². The van der Waals surface area contributed by atoms with E-state index in [4.69, 9.17) is 5.84 Å². The number of fused-ring (bicyclic) bond motifs is 1. The van der Waals surface area contributed by atoms with Crippen molar-refractivity contribution < 1.29 is 0 Å². The standard InChI is InChI=1S/C11H13N5/c12-15-6-7-16-10(8-15)13-14-11(16)9-4-2-1-3-5-9/h1-5H,6-8,12H2. The Balaban J connectivity index is 2.04. The van der Waals surface area contributed by atoms with Crippen molar-refractivity contribution in [3.05, 3.63) is 36.2 Å². The molecule has 2 heterocycles. The molecule has 1 aromatic heterocycles. The molecule has 0 radical (unpaired) electrons. The van der Waals surface area contributed by atoms with Gasteiger partial charge in [-0.1, -0.05) is 30.3 Å². The van der Waals surface area contributed by atoms with Crippen molar-refractivity contribution in [1.29, 1.82) is 0 Å². The summed E-state index contributed by atoms with van der Waals surface area (Å²) in [6.45, 7) is 2.35. The van der Waals surface area contributed by atoms with Crippen molar-refractivity contribution in [2.45, 2.75) is 13.1 Å². The predicted molar refractivity (Wildman–Crippen MR) is 60.1 cm³/mol. The molecule has 0 aliphatic carbocycles. The van der Waals surface area contributed by atoms with Gasteiger partial charge in [-0.05, 0) is 0 Å². The maximum absolute atomic E-state index is 5.75. The van der Waals surface area contributed by atoms with Gasteiger partial charge in [0.1, 0.15) is 5.82 Å². The minimum absolute atomic E-state index is 0.667. The van der Waals surface area contributed by atoms with Gasteiger partial charge in [0.05, 0.1) is 6.54 Å². The van der Waals surface area contributed by atoms with Gasteiger partial charge in [0, 0.05) is 18.7 Å². The van der Waals surface area contributed by atoms with Gasteiger partial charge in [0.25, 0.3) is 0 Å². The van der Waals surface area contributed by atoms with Crippen LogP contribution in [0, 0.1) is 0 Å². The van der Waals surface area contributed by atoms with E-state index in [0.717, 1.165) is 30.3 Å². The van der Waals surface area contributed by atoms with Gasteiger partial charge in [-0.3, -0.25) is 5.84 Å². The van der Waals surface area contributed by atoms with Crippen molar-refractivity contribution in [2.75, 3.05) is 6.54 Å². The Morgan fingerprint density at radius 1 is 1.06 bits per heavy atom. The van der Waals surface area contributed by atoms with E-state index in [-0.39, 0.29) is 0 Å². The lowest BCUT2D eigenvalue weighted by Crippen LogP contribution is -2.38. The van der Waals surface area contributed by atoms with Crippen LogP contribution in [-0.4, -0.2) is 26.3 Å². The average Bonchev–Trinajstić information content (AvgIpc) is 2.73. The van der Waals surface area contributed by atoms with Crippen LogP contribution < -0.4 is 5.84 Å². The minimum Gasteiger partial charge on any atom is -0.309 e. The summed E-state index contributed by atoms with van der Waals surface area (Å²) in [6, 6.07) is 10.1. The van der Waals surface area contributed by atoms with E-state index in [1.54, 1.807) is 5.01 Å². The topological polar surface area (TPSA) is 60.0 Å². The number of hydrazine groups is 1. The van der Waals surface area contributed by atoms with E-state index >= 15 is 0 Å². The largest absolute Gasteiger partial charge is 0.309 e. The molecule has 16 heavy (non-hydrogen) atoms. The zero-order valence-corrected chi connectivity index (χ0v) is 8.87. The number of nitrogens with two attached hydrogens (primary N) is 1. The maximum atomic E-state index is 5.75. The molecule has 3 rings (SSSR count). The summed E-state index contributed by atoms with van der Waals surface area (Å²) in [6.07, 6.45) is 0. The van der Waals surface area contributed by atoms with E-state index in [0.29, 0.717) is 6.54 Å². The number of aromatic nitrogens is 3. The third-order valence-corrected chi connectivity index (χ3v) is 2.81. The van der Waals surface area contributed by atoms with E-state index in [9.17, 15) is 0 Å². The number of hydrogen-bond donors (Lipinski definition) is 1. The number of rotatable bonds is 1. The Hall–Kier alpha value is -1.72. The average molecular weight is 215 g/mol. The van der Waals surface area contributed by atoms with Gasteiger partial charge in [-0.2, -0.15) is 0 Å². The Labute approximate surface area is 93.5 Å². The lowest BCUT2D eigenvalue weighted by atomic mass is 10.2. The number of nitrogens with zero attached hydrogens (tertiary/aromatic N) is 4. The normalized spacial score (nSPS) is 16.1. The highest BCUT2D eigenvalue weighted by molar-refractivity contribution is 5.55. The Bertz CT molecular complexity index is 490. The first-order valence-electron chi connectivity index (χ1n) is 5.32. The second-order valence-corrected chi connectivity index (χ2v) is 3.93. The van der Waals surface area contributed by atoms with Crippen LogP contribution in [0.1, 0.15) is 5.82 Å². The lowest BCUT2D eigenvalue weighted by Gasteiger charge is -2.23. The van der Waals surface area contributed by atoms with Gasteiger partial charge in [0.15, 0.2) is 5.82 Å². The zero-order chi connectivity index (χ0) is 11.0. The molecule has 0 fully saturated rings. The molecular weight excluding hydrogens is 202 g/mol. The predicted octanol–water partition coefficient (Wildman–Crippen LogP) is 0.634. The molecule has 1 aliphatic heterocycles. The van der Waals surface area contributed by atoms with Gasteiger partial charge in [-0.15, -0.1) is 10.2 Å². The molecule has 0 saturated carbocycles. The molecule has 2 aromatic rings. The zero-order valence-electron chi connectivity index (χ0n) is 8.87. The molecule has 0 atom stereocenters. The van der Waals surface area contributed by atoms with Crippen molar-refractivity contribution in [3.63, 3.8) is 0 Å². The molecule has 5 nitrogen and oxygen atoms in total. The summed E-state index contributed by atoms with van der Waals surface area (Å²) in [7, 11) is 0. The van der Waals surface area contributed by atoms with Gasteiger partial charge < -0.3 is 4.57 Å². The molecule has 5 heteroatoms. The van der Waals surface area contributed by atoms with Gasteiger partial charge in [-0.25, -0.2) is 5.01 Å². The SMILES string of the molecule is NN1CCn2c(nnc2-c2ccccc2)C1. The molecule has 0 unspecified atom stereocenters. The Kier molecular flexibility index (Phi) is 2.19. The summed E-state index contributed by atoms with van der Waals surface area (Å²) < 4.78 is 2.14. The van der Waals surface area contributed by atoms with E-state index in [1.807, 2.05) is 30.3 Å².